The number of nitrogens with zero attached hydrogens (tertiary/aromatic N) is 3. The molecular weight excluding hydrogens is 261 g/mol. The normalized spacial score (nSPS) is 10.2. The van der Waals surface area contributed by atoms with Gasteiger partial charge in [-0.2, -0.15) is 5.26 Å². The smallest absolute Gasteiger partial charge is 0.166 e. The molecule has 1 aromatic carbocycles. The van der Waals surface area contributed by atoms with E-state index in [-0.39, 0.29) is 17.2 Å². The maximum atomic E-state index is 8.86. The first-order valence-electron chi connectivity index (χ1n) is 4.54. The van der Waals surface area contributed by atoms with E-state index in [1.54, 1.807) is 18.2 Å². The lowest BCUT2D eigenvalue weighted by molar-refractivity contribution is 0.897. The zero-order valence-corrected chi connectivity index (χ0v) is 10.00. The van der Waals surface area contributed by atoms with Crippen molar-refractivity contribution in [1.82, 2.24) is 9.78 Å². The molecule has 0 aliphatic carbocycles. The minimum absolute atomic E-state index is 0.0658. The Hall–Kier alpha value is -1.90. The van der Waals surface area contributed by atoms with E-state index in [9.17, 15) is 0 Å². The van der Waals surface area contributed by atoms with Crippen molar-refractivity contribution < 1.29 is 0 Å². The predicted octanol–water partition coefficient (Wildman–Crippen LogP) is 2.22. The van der Waals surface area contributed by atoms with E-state index in [1.807, 2.05) is 6.07 Å². The van der Waals surface area contributed by atoms with Crippen molar-refractivity contribution in [2.24, 2.45) is 0 Å². The Balaban J connectivity index is 2.66. The summed E-state index contributed by atoms with van der Waals surface area (Å²) in [5.74, 6) is 0.213. The topological polar surface area (TPSA) is 93.6 Å². The third-order valence-electron chi connectivity index (χ3n) is 2.20. The fourth-order valence-electron chi connectivity index (χ4n) is 1.40. The second kappa shape index (κ2) is 4.17. The van der Waals surface area contributed by atoms with E-state index in [4.69, 9.17) is 39.9 Å². The Morgan fingerprint density at radius 3 is 2.53 bits per heavy atom. The molecule has 0 saturated heterocycles. The van der Waals surface area contributed by atoms with E-state index in [0.717, 1.165) is 0 Å². The number of nitrogens with two attached hydrogens (primary N) is 2. The van der Waals surface area contributed by atoms with E-state index >= 15 is 0 Å². The van der Waals surface area contributed by atoms with Crippen LogP contribution in [0.3, 0.4) is 0 Å². The van der Waals surface area contributed by atoms with E-state index in [0.29, 0.717) is 15.7 Å². The van der Waals surface area contributed by atoms with Crippen LogP contribution in [0.5, 0.6) is 0 Å². The van der Waals surface area contributed by atoms with Crippen molar-refractivity contribution in [2.45, 2.75) is 0 Å². The Labute approximate surface area is 107 Å². The van der Waals surface area contributed by atoms with E-state index in [2.05, 4.69) is 5.10 Å². The monoisotopic (exact) mass is 267 g/mol. The van der Waals surface area contributed by atoms with Crippen LogP contribution in [0.15, 0.2) is 18.2 Å². The molecule has 2 rings (SSSR count). The molecule has 0 unspecified atom stereocenters. The number of hydrogen-bond acceptors (Lipinski definition) is 4. The van der Waals surface area contributed by atoms with Crippen LogP contribution in [-0.4, -0.2) is 9.78 Å². The van der Waals surface area contributed by atoms with Crippen LogP contribution in [0.25, 0.3) is 5.69 Å². The summed E-state index contributed by atoms with van der Waals surface area (Å²) in [6.45, 7) is 0. The van der Waals surface area contributed by atoms with Gasteiger partial charge in [0.05, 0.1) is 10.7 Å². The number of halogens is 2. The molecule has 0 aliphatic rings. The van der Waals surface area contributed by atoms with Gasteiger partial charge in [-0.1, -0.05) is 23.2 Å². The highest BCUT2D eigenvalue weighted by Gasteiger charge is 2.15. The van der Waals surface area contributed by atoms with Crippen molar-refractivity contribution >= 4 is 34.8 Å². The third-order valence-corrected chi connectivity index (χ3v) is 2.74. The number of aromatic nitrogens is 2. The van der Waals surface area contributed by atoms with Crippen LogP contribution in [0.4, 0.5) is 11.6 Å². The second-order valence-corrected chi connectivity index (χ2v) is 4.11. The first-order valence-corrected chi connectivity index (χ1v) is 5.29. The largest absolute Gasteiger partial charge is 0.382 e. The Morgan fingerprint density at radius 2 is 2.00 bits per heavy atom. The molecule has 0 aliphatic heterocycles. The van der Waals surface area contributed by atoms with Crippen LogP contribution in [0.1, 0.15) is 5.56 Å². The van der Waals surface area contributed by atoms with Crippen molar-refractivity contribution in [3.63, 3.8) is 0 Å². The first-order chi connectivity index (χ1) is 8.04. The van der Waals surface area contributed by atoms with Gasteiger partial charge in [0.15, 0.2) is 5.82 Å². The zero-order chi connectivity index (χ0) is 12.6. The summed E-state index contributed by atoms with van der Waals surface area (Å²) in [6.07, 6.45) is 0. The maximum Gasteiger partial charge on any atom is 0.166 e. The molecule has 17 heavy (non-hydrogen) atoms. The number of rotatable bonds is 1. The van der Waals surface area contributed by atoms with Gasteiger partial charge in [-0.05, 0) is 18.2 Å². The molecule has 4 N–H and O–H groups in total. The summed E-state index contributed by atoms with van der Waals surface area (Å²) in [7, 11) is 0. The second-order valence-electron chi connectivity index (χ2n) is 3.26. The fourth-order valence-corrected chi connectivity index (χ4v) is 1.89. The molecule has 0 saturated carbocycles. The van der Waals surface area contributed by atoms with Gasteiger partial charge >= 0.3 is 0 Å². The summed E-state index contributed by atoms with van der Waals surface area (Å²) in [5.41, 5.74) is 12.0. The Morgan fingerprint density at radius 1 is 1.29 bits per heavy atom. The third kappa shape index (κ3) is 1.88. The minimum atomic E-state index is 0.0658. The first kappa shape index (κ1) is 11.6. The Kier molecular flexibility index (Phi) is 2.84. The number of hydrogen-bond donors (Lipinski definition) is 2. The van der Waals surface area contributed by atoms with Crippen LogP contribution >= 0.6 is 23.2 Å². The van der Waals surface area contributed by atoms with Gasteiger partial charge in [-0.3, -0.25) is 0 Å². The summed E-state index contributed by atoms with van der Waals surface area (Å²) >= 11 is 11.8. The molecule has 7 heteroatoms. The Bertz CT molecular complexity index is 626. The summed E-state index contributed by atoms with van der Waals surface area (Å²) < 4.78 is 1.31. The lowest BCUT2D eigenvalue weighted by Gasteiger charge is -2.06. The summed E-state index contributed by atoms with van der Waals surface area (Å²) in [6, 6.07) is 6.73. The number of nitriles is 1. The molecule has 0 spiro atoms. The van der Waals surface area contributed by atoms with Crippen molar-refractivity contribution in [3.05, 3.63) is 33.8 Å². The van der Waals surface area contributed by atoms with Crippen molar-refractivity contribution in [2.75, 3.05) is 11.5 Å². The van der Waals surface area contributed by atoms with Crippen molar-refractivity contribution in [3.8, 4) is 11.8 Å². The summed E-state index contributed by atoms with van der Waals surface area (Å²) in [4.78, 5) is 0. The molecule has 0 atom stereocenters. The van der Waals surface area contributed by atoms with Crippen LogP contribution in [0.2, 0.25) is 10.0 Å². The fraction of sp³-hybridized carbons (Fsp3) is 0. The summed E-state index contributed by atoms with van der Waals surface area (Å²) in [5, 5.41) is 13.7. The quantitative estimate of drug-likeness (QED) is 0.829. The highest BCUT2D eigenvalue weighted by atomic mass is 35.5. The van der Waals surface area contributed by atoms with Gasteiger partial charge in [0, 0.05) is 5.02 Å². The predicted molar refractivity (Wildman–Crippen MR) is 67.1 cm³/mol. The number of nitrogen functional groups attached to an aromatic ring is 2. The maximum absolute atomic E-state index is 8.86. The molecule has 1 heterocycles. The molecule has 5 nitrogen and oxygen atoms in total. The lowest BCUT2D eigenvalue weighted by atomic mass is 10.3. The van der Waals surface area contributed by atoms with Gasteiger partial charge in [0.1, 0.15) is 17.5 Å². The molecule has 0 fully saturated rings. The molecule has 1 aromatic heterocycles. The molecule has 0 amide bonds. The SMILES string of the molecule is N#Cc1c(N)nn(-c2ccc(Cl)cc2Cl)c1N. The number of benzene rings is 1. The average Bonchev–Trinajstić information content (AvgIpc) is 2.54. The van der Waals surface area contributed by atoms with Gasteiger partial charge in [-0.25, -0.2) is 4.68 Å². The van der Waals surface area contributed by atoms with E-state index < -0.39 is 0 Å². The molecule has 86 valence electrons. The zero-order valence-electron chi connectivity index (χ0n) is 8.48. The highest BCUT2D eigenvalue weighted by Crippen LogP contribution is 2.28. The van der Waals surface area contributed by atoms with Crippen LogP contribution < -0.4 is 11.5 Å². The molecule has 0 bridgehead atoms. The standard InChI is InChI=1S/C10H7Cl2N5/c11-5-1-2-8(7(12)3-5)17-10(15)6(4-13)9(14)16-17/h1-3H,15H2,(H2,14,16). The van der Waals surface area contributed by atoms with Gasteiger partial charge in [0.2, 0.25) is 0 Å². The highest BCUT2D eigenvalue weighted by molar-refractivity contribution is 6.35. The van der Waals surface area contributed by atoms with Gasteiger partial charge < -0.3 is 11.5 Å². The van der Waals surface area contributed by atoms with Crippen LogP contribution in [0, 0.1) is 11.3 Å². The average molecular weight is 268 g/mol. The number of anilines is 2. The lowest BCUT2D eigenvalue weighted by Crippen LogP contribution is -2.03. The minimum Gasteiger partial charge on any atom is -0.382 e. The molecular formula is C10H7Cl2N5. The van der Waals surface area contributed by atoms with E-state index in [1.165, 1.54) is 4.68 Å². The van der Waals surface area contributed by atoms with Crippen LogP contribution in [-0.2, 0) is 0 Å². The molecule has 2 aromatic rings. The van der Waals surface area contributed by atoms with Gasteiger partial charge in [0.25, 0.3) is 0 Å². The van der Waals surface area contributed by atoms with Crippen molar-refractivity contribution in [1.29, 1.82) is 5.26 Å². The molecule has 0 radical (unpaired) electrons. The van der Waals surface area contributed by atoms with Gasteiger partial charge in [-0.15, -0.1) is 5.10 Å².